The van der Waals surface area contributed by atoms with Gasteiger partial charge in [0.05, 0.1) is 0 Å². The molecule has 0 aliphatic carbocycles. The Balaban J connectivity index is 3.01. The molecule has 3 nitrogen and oxygen atoms in total. The van der Waals surface area contributed by atoms with Crippen molar-refractivity contribution in [3.8, 4) is 0 Å². The monoisotopic (exact) mass is 184 g/mol. The third-order valence-electron chi connectivity index (χ3n) is 1.44. The zero-order valence-electron chi connectivity index (χ0n) is 7.18. The van der Waals surface area contributed by atoms with Crippen LogP contribution in [0.3, 0.4) is 0 Å². The first-order valence-electron chi connectivity index (χ1n) is 3.90. The van der Waals surface area contributed by atoms with Crippen LogP contribution in [-0.4, -0.2) is 9.97 Å². The molecule has 4 heteroatoms. The molecule has 0 amide bonds. The van der Waals surface area contributed by atoms with Crippen molar-refractivity contribution in [2.45, 2.75) is 20.3 Å². The second-order valence-corrected chi connectivity index (χ2v) is 3.62. The van der Waals surface area contributed by atoms with Crippen LogP contribution < -0.4 is 5.56 Å². The summed E-state index contributed by atoms with van der Waals surface area (Å²) in [6.07, 6.45) is 0.855. The molecule has 1 rings (SSSR count). The molecule has 66 valence electrons. The fourth-order valence-electron chi connectivity index (χ4n) is 1.07. The van der Waals surface area contributed by atoms with Gasteiger partial charge >= 0.3 is 0 Å². The fraction of sp³-hybridized carbons (Fsp3) is 0.500. The average Bonchev–Trinajstić information content (AvgIpc) is 1.81. The summed E-state index contributed by atoms with van der Waals surface area (Å²) in [5, 5.41) is 0. The minimum atomic E-state index is -0.130. The molecule has 0 aliphatic rings. The summed E-state index contributed by atoms with van der Waals surface area (Å²) in [7, 11) is 0. The Labute approximate surface area is 75.9 Å². The van der Waals surface area contributed by atoms with Gasteiger partial charge in [0, 0.05) is 11.8 Å². The summed E-state index contributed by atoms with van der Waals surface area (Å²) in [6, 6.07) is 1.55. The number of hydrogen-bond acceptors (Lipinski definition) is 2. The topological polar surface area (TPSA) is 48.6 Å². The Kier molecular flexibility index (Phi) is 2.81. The van der Waals surface area contributed by atoms with Crippen LogP contribution in [-0.2, 0) is 6.42 Å². The van der Waals surface area contributed by atoms with Gasteiger partial charge < -0.3 is 4.98 Å². The van der Waals surface area contributed by atoms with E-state index in [4.69, 9.17) is 12.2 Å². The highest BCUT2D eigenvalue weighted by molar-refractivity contribution is 7.71. The highest BCUT2D eigenvalue weighted by Gasteiger charge is 1.98. The Morgan fingerprint density at radius 2 is 2.17 bits per heavy atom. The highest BCUT2D eigenvalue weighted by Crippen LogP contribution is 2.01. The van der Waals surface area contributed by atoms with Crippen molar-refractivity contribution >= 4 is 12.2 Å². The first kappa shape index (κ1) is 9.19. The van der Waals surface area contributed by atoms with Gasteiger partial charge in [-0.25, -0.2) is 0 Å². The van der Waals surface area contributed by atoms with E-state index in [0.717, 1.165) is 12.1 Å². The predicted molar refractivity (Wildman–Crippen MR) is 50.8 cm³/mol. The van der Waals surface area contributed by atoms with E-state index in [2.05, 4.69) is 23.8 Å². The van der Waals surface area contributed by atoms with Crippen LogP contribution in [0.2, 0.25) is 0 Å². The molecule has 0 fully saturated rings. The summed E-state index contributed by atoms with van der Waals surface area (Å²) in [5.41, 5.74) is 0.771. The van der Waals surface area contributed by atoms with E-state index in [1.54, 1.807) is 6.07 Å². The van der Waals surface area contributed by atoms with Gasteiger partial charge in [0.25, 0.3) is 5.56 Å². The van der Waals surface area contributed by atoms with Crippen molar-refractivity contribution in [1.29, 1.82) is 0 Å². The molecule has 0 aromatic carbocycles. The van der Waals surface area contributed by atoms with Crippen molar-refractivity contribution in [1.82, 2.24) is 9.97 Å². The minimum absolute atomic E-state index is 0.130. The quantitative estimate of drug-likeness (QED) is 0.686. The van der Waals surface area contributed by atoms with Gasteiger partial charge in [-0.15, -0.1) is 0 Å². The van der Waals surface area contributed by atoms with Crippen molar-refractivity contribution in [2.24, 2.45) is 5.92 Å². The van der Waals surface area contributed by atoms with Crippen LogP contribution in [0, 0.1) is 10.7 Å². The summed E-state index contributed by atoms with van der Waals surface area (Å²) in [5.74, 6) is 0.525. The molecule has 1 heterocycles. The average molecular weight is 184 g/mol. The maximum Gasteiger partial charge on any atom is 0.251 e. The molecule has 2 N–H and O–H groups in total. The number of aromatic nitrogens is 2. The normalized spacial score (nSPS) is 10.6. The molecule has 0 radical (unpaired) electrons. The SMILES string of the molecule is CC(C)Cc1cc(=O)[nH]c(=S)[nH]1. The smallest absolute Gasteiger partial charge is 0.251 e. The van der Waals surface area contributed by atoms with Crippen molar-refractivity contribution in [2.75, 3.05) is 0 Å². The molecule has 12 heavy (non-hydrogen) atoms. The van der Waals surface area contributed by atoms with Gasteiger partial charge in [-0.05, 0) is 24.6 Å². The van der Waals surface area contributed by atoms with E-state index in [-0.39, 0.29) is 5.56 Å². The second-order valence-electron chi connectivity index (χ2n) is 3.21. The molecule has 1 aromatic heterocycles. The van der Waals surface area contributed by atoms with Gasteiger partial charge in [0.15, 0.2) is 4.77 Å². The highest BCUT2D eigenvalue weighted by atomic mass is 32.1. The lowest BCUT2D eigenvalue weighted by Gasteiger charge is -2.03. The van der Waals surface area contributed by atoms with Crippen LogP contribution in [0.25, 0.3) is 0 Å². The van der Waals surface area contributed by atoms with E-state index >= 15 is 0 Å². The summed E-state index contributed by atoms with van der Waals surface area (Å²) in [6.45, 7) is 4.19. The standard InChI is InChI=1S/C8H12N2OS/c1-5(2)3-6-4-7(11)10-8(12)9-6/h4-5H,3H2,1-2H3,(H2,9,10,11,12). The van der Waals surface area contributed by atoms with E-state index in [0.29, 0.717) is 10.7 Å². The Morgan fingerprint density at radius 1 is 1.50 bits per heavy atom. The largest absolute Gasteiger partial charge is 0.336 e. The van der Waals surface area contributed by atoms with Gasteiger partial charge in [-0.1, -0.05) is 13.8 Å². The third-order valence-corrected chi connectivity index (χ3v) is 1.65. The van der Waals surface area contributed by atoms with Crippen LogP contribution in [0.1, 0.15) is 19.5 Å². The fourth-order valence-corrected chi connectivity index (χ4v) is 1.30. The molecule has 1 aromatic rings. The minimum Gasteiger partial charge on any atom is -0.336 e. The number of H-pyrrole nitrogens is 2. The second kappa shape index (κ2) is 3.67. The zero-order chi connectivity index (χ0) is 9.14. The summed E-state index contributed by atoms with van der Waals surface area (Å²) < 4.78 is 0.401. The molecule has 0 bridgehead atoms. The predicted octanol–water partition coefficient (Wildman–Crippen LogP) is 1.63. The maximum atomic E-state index is 11.0. The molecule has 0 aliphatic heterocycles. The third kappa shape index (κ3) is 2.62. The number of nitrogens with one attached hydrogen (secondary N) is 2. The van der Waals surface area contributed by atoms with Gasteiger partial charge in [0.1, 0.15) is 0 Å². The van der Waals surface area contributed by atoms with E-state index < -0.39 is 0 Å². The molecule has 0 atom stereocenters. The molecule has 0 spiro atoms. The number of aromatic amines is 2. The Morgan fingerprint density at radius 3 is 2.67 bits per heavy atom. The van der Waals surface area contributed by atoms with Crippen LogP contribution in [0.5, 0.6) is 0 Å². The summed E-state index contributed by atoms with van der Waals surface area (Å²) >= 11 is 4.83. The van der Waals surface area contributed by atoms with Crippen LogP contribution >= 0.6 is 12.2 Å². The van der Waals surface area contributed by atoms with E-state index in [1.165, 1.54) is 0 Å². The molecule has 0 unspecified atom stereocenters. The van der Waals surface area contributed by atoms with E-state index in [1.807, 2.05) is 0 Å². The Bertz CT molecular complexity index is 336. The maximum absolute atomic E-state index is 11.0. The lowest BCUT2D eigenvalue weighted by atomic mass is 10.1. The first-order chi connectivity index (χ1) is 5.58. The van der Waals surface area contributed by atoms with Gasteiger partial charge in [0.2, 0.25) is 0 Å². The summed E-state index contributed by atoms with van der Waals surface area (Å²) in [4.78, 5) is 16.4. The Hall–Kier alpha value is -0.900. The van der Waals surface area contributed by atoms with Crippen molar-refractivity contribution in [3.05, 3.63) is 26.9 Å². The zero-order valence-corrected chi connectivity index (χ0v) is 7.99. The molecule has 0 saturated carbocycles. The molecular formula is C8H12N2OS. The van der Waals surface area contributed by atoms with Crippen LogP contribution in [0.4, 0.5) is 0 Å². The van der Waals surface area contributed by atoms with Crippen molar-refractivity contribution < 1.29 is 0 Å². The lowest BCUT2D eigenvalue weighted by molar-refractivity contribution is 0.632. The molecule has 0 saturated heterocycles. The van der Waals surface area contributed by atoms with E-state index in [9.17, 15) is 4.79 Å². The molecular weight excluding hydrogens is 172 g/mol. The first-order valence-corrected chi connectivity index (χ1v) is 4.31. The van der Waals surface area contributed by atoms with Crippen LogP contribution in [0.15, 0.2) is 10.9 Å². The van der Waals surface area contributed by atoms with Gasteiger partial charge in [-0.2, -0.15) is 0 Å². The number of rotatable bonds is 2. The lowest BCUT2D eigenvalue weighted by Crippen LogP contribution is -2.09. The van der Waals surface area contributed by atoms with Gasteiger partial charge in [-0.3, -0.25) is 9.78 Å². The number of hydrogen-bond donors (Lipinski definition) is 2. The van der Waals surface area contributed by atoms with Crippen molar-refractivity contribution in [3.63, 3.8) is 0 Å².